The van der Waals surface area contributed by atoms with Gasteiger partial charge in [0, 0.05) is 48.8 Å². The minimum absolute atomic E-state index is 0.872. The first-order valence-corrected chi connectivity index (χ1v) is 17.3. The Labute approximate surface area is 290 Å². The Kier molecular flexibility index (Phi) is 5.23. The minimum Gasteiger partial charge on any atom is -0.456 e. The highest BCUT2D eigenvalue weighted by molar-refractivity contribution is 6.31. The number of furan rings is 3. The molecule has 0 unspecified atom stereocenters. The van der Waals surface area contributed by atoms with Gasteiger partial charge in [-0.05, 0) is 80.5 Å². The predicted molar refractivity (Wildman–Crippen MR) is 212 cm³/mol. The van der Waals surface area contributed by atoms with Crippen molar-refractivity contribution in [3.63, 3.8) is 0 Å². The van der Waals surface area contributed by atoms with Crippen LogP contribution in [0.15, 0.2) is 171 Å². The van der Waals surface area contributed by atoms with Crippen LogP contribution in [0.25, 0.3) is 120 Å². The Morgan fingerprint density at radius 2 is 0.765 bits per heavy atom. The zero-order chi connectivity index (χ0) is 33.2. The van der Waals surface area contributed by atoms with E-state index in [0.29, 0.717) is 0 Å². The first-order chi connectivity index (χ1) is 25.3. The standard InChI is InChI=1S/C48H26O3/c1-3-15-32-30(13-1)44(27-21-24-43-37(25-27)29-12-6-8-18-40(29)49-43)31-14-2-4-16-33(31)45(32)39-26-38-34(46-36-17-7-10-20-42(36)51-48(39)46)22-23-35-28-11-5-9-19-41(28)50-47(35)38/h1-26H. The monoisotopic (exact) mass is 650 g/mol. The van der Waals surface area contributed by atoms with Crippen molar-refractivity contribution in [3.8, 4) is 22.3 Å². The van der Waals surface area contributed by atoms with Crippen molar-refractivity contribution in [3.05, 3.63) is 158 Å². The second kappa shape index (κ2) is 9.87. The normalized spacial score (nSPS) is 12.3. The zero-order valence-electron chi connectivity index (χ0n) is 27.2. The van der Waals surface area contributed by atoms with Gasteiger partial charge in [-0.3, -0.25) is 0 Å². The molecule has 0 atom stereocenters. The summed E-state index contributed by atoms with van der Waals surface area (Å²) in [5, 5.41) is 13.6. The summed E-state index contributed by atoms with van der Waals surface area (Å²) in [7, 11) is 0. The highest BCUT2D eigenvalue weighted by Crippen LogP contribution is 2.50. The second-order valence-corrected chi connectivity index (χ2v) is 13.5. The number of hydrogen-bond acceptors (Lipinski definition) is 3. The van der Waals surface area contributed by atoms with Crippen LogP contribution in [0.1, 0.15) is 0 Å². The molecule has 0 bridgehead atoms. The molecule has 0 amide bonds. The smallest absolute Gasteiger partial charge is 0.143 e. The number of benzene rings is 9. The van der Waals surface area contributed by atoms with Crippen LogP contribution >= 0.6 is 0 Å². The van der Waals surface area contributed by atoms with Crippen molar-refractivity contribution in [2.75, 3.05) is 0 Å². The number of fused-ring (bicyclic) bond motifs is 14. The number of para-hydroxylation sites is 3. The van der Waals surface area contributed by atoms with Crippen molar-refractivity contribution in [1.29, 1.82) is 0 Å². The van der Waals surface area contributed by atoms with Crippen LogP contribution in [-0.4, -0.2) is 0 Å². The molecule has 0 spiro atoms. The molecule has 0 radical (unpaired) electrons. The van der Waals surface area contributed by atoms with E-state index in [-0.39, 0.29) is 0 Å². The van der Waals surface area contributed by atoms with Gasteiger partial charge in [0.1, 0.15) is 33.5 Å². The summed E-state index contributed by atoms with van der Waals surface area (Å²) < 4.78 is 19.8. The van der Waals surface area contributed by atoms with Crippen molar-refractivity contribution in [2.45, 2.75) is 0 Å². The van der Waals surface area contributed by atoms with E-state index in [9.17, 15) is 0 Å². The van der Waals surface area contributed by atoms with Gasteiger partial charge in [0.25, 0.3) is 0 Å². The van der Waals surface area contributed by atoms with E-state index in [1.165, 1.54) is 27.1 Å². The van der Waals surface area contributed by atoms with Gasteiger partial charge in [-0.15, -0.1) is 0 Å². The maximum absolute atomic E-state index is 6.87. The Bertz CT molecular complexity index is 3370. The van der Waals surface area contributed by atoms with Gasteiger partial charge < -0.3 is 13.3 Å². The van der Waals surface area contributed by atoms with Gasteiger partial charge in [0.05, 0.1) is 0 Å². The molecular formula is C48H26O3. The van der Waals surface area contributed by atoms with Crippen LogP contribution in [0.2, 0.25) is 0 Å². The number of rotatable bonds is 2. The predicted octanol–water partition coefficient (Wildman–Crippen LogP) is 14.2. The fraction of sp³-hybridized carbons (Fsp3) is 0. The SMILES string of the molecule is c1ccc2c(c1)oc1ccc(-c3c4ccccc4c(-c4cc5c(ccc6c7ccccc7oc65)c5c4oc4ccccc45)c4ccccc34)cc12. The zero-order valence-corrected chi connectivity index (χ0v) is 27.2. The average molecular weight is 651 g/mol. The number of hydrogen-bond donors (Lipinski definition) is 0. The first-order valence-electron chi connectivity index (χ1n) is 17.3. The van der Waals surface area contributed by atoms with Crippen LogP contribution in [0, 0.1) is 0 Å². The molecule has 0 saturated carbocycles. The molecule has 0 aliphatic carbocycles. The van der Waals surface area contributed by atoms with Gasteiger partial charge in [0.2, 0.25) is 0 Å². The molecule has 0 fully saturated rings. The van der Waals surface area contributed by atoms with Crippen LogP contribution in [-0.2, 0) is 0 Å². The molecule has 236 valence electrons. The molecule has 9 aromatic carbocycles. The molecule has 0 N–H and O–H groups in total. The molecule has 0 aliphatic rings. The molecule has 3 heterocycles. The van der Waals surface area contributed by atoms with E-state index in [0.717, 1.165) is 93.3 Å². The van der Waals surface area contributed by atoms with E-state index < -0.39 is 0 Å². The second-order valence-electron chi connectivity index (χ2n) is 13.5. The van der Waals surface area contributed by atoms with Crippen molar-refractivity contribution >= 4 is 98.1 Å². The van der Waals surface area contributed by atoms with Crippen LogP contribution < -0.4 is 0 Å². The maximum Gasteiger partial charge on any atom is 0.143 e. The summed E-state index contributed by atoms with van der Waals surface area (Å²) in [6.07, 6.45) is 0. The summed E-state index contributed by atoms with van der Waals surface area (Å²) in [6, 6.07) is 55.9. The van der Waals surface area contributed by atoms with Gasteiger partial charge >= 0.3 is 0 Å². The van der Waals surface area contributed by atoms with Crippen LogP contribution in [0.5, 0.6) is 0 Å². The molecule has 51 heavy (non-hydrogen) atoms. The highest BCUT2D eigenvalue weighted by Gasteiger charge is 2.24. The summed E-state index contributed by atoms with van der Waals surface area (Å²) in [5.74, 6) is 0. The molecule has 3 heteroatoms. The molecule has 3 aromatic heterocycles. The van der Waals surface area contributed by atoms with Crippen molar-refractivity contribution in [1.82, 2.24) is 0 Å². The lowest BCUT2D eigenvalue weighted by Crippen LogP contribution is -1.92. The van der Waals surface area contributed by atoms with E-state index in [1.54, 1.807) is 0 Å². The van der Waals surface area contributed by atoms with E-state index >= 15 is 0 Å². The lowest BCUT2D eigenvalue weighted by Gasteiger charge is -2.18. The van der Waals surface area contributed by atoms with Gasteiger partial charge in [0.15, 0.2) is 0 Å². The van der Waals surface area contributed by atoms with Crippen molar-refractivity contribution in [2.24, 2.45) is 0 Å². The Balaban J connectivity index is 1.25. The third-order valence-electron chi connectivity index (χ3n) is 10.8. The average Bonchev–Trinajstić information content (AvgIpc) is 3.88. The molecule has 0 aliphatic heterocycles. The lowest BCUT2D eigenvalue weighted by atomic mass is 9.84. The fourth-order valence-electron chi connectivity index (χ4n) is 8.68. The Hall–Kier alpha value is -6.84. The Morgan fingerprint density at radius 3 is 1.45 bits per heavy atom. The lowest BCUT2D eigenvalue weighted by molar-refractivity contribution is 0.668. The van der Waals surface area contributed by atoms with Crippen molar-refractivity contribution < 1.29 is 13.3 Å². The summed E-state index contributed by atoms with van der Waals surface area (Å²) in [4.78, 5) is 0. The van der Waals surface area contributed by atoms with Crippen LogP contribution in [0.3, 0.4) is 0 Å². The molecule has 12 rings (SSSR count). The molecule has 0 saturated heterocycles. The van der Waals surface area contributed by atoms with Gasteiger partial charge in [-0.25, -0.2) is 0 Å². The summed E-state index contributed by atoms with van der Waals surface area (Å²) in [5.41, 5.74) is 9.91. The van der Waals surface area contributed by atoms with Gasteiger partial charge in [-0.2, -0.15) is 0 Å². The van der Waals surface area contributed by atoms with Crippen LogP contribution in [0.4, 0.5) is 0 Å². The molecule has 12 aromatic rings. The topological polar surface area (TPSA) is 39.4 Å². The summed E-state index contributed by atoms with van der Waals surface area (Å²) >= 11 is 0. The fourth-order valence-corrected chi connectivity index (χ4v) is 8.68. The summed E-state index contributed by atoms with van der Waals surface area (Å²) in [6.45, 7) is 0. The third-order valence-corrected chi connectivity index (χ3v) is 10.8. The largest absolute Gasteiger partial charge is 0.456 e. The quantitative estimate of drug-likeness (QED) is 0.175. The van der Waals surface area contributed by atoms with E-state index in [2.05, 4.69) is 133 Å². The molecule has 3 nitrogen and oxygen atoms in total. The van der Waals surface area contributed by atoms with E-state index in [1.807, 2.05) is 24.3 Å². The third kappa shape index (κ3) is 3.62. The highest BCUT2D eigenvalue weighted by atomic mass is 16.3. The van der Waals surface area contributed by atoms with Gasteiger partial charge in [-0.1, -0.05) is 115 Å². The first kappa shape index (κ1) is 27.0. The minimum atomic E-state index is 0.872. The van der Waals surface area contributed by atoms with E-state index in [4.69, 9.17) is 13.3 Å². The Morgan fingerprint density at radius 1 is 0.275 bits per heavy atom. The molecular weight excluding hydrogens is 625 g/mol. The maximum atomic E-state index is 6.87.